The molecule has 1 heterocycles. The van der Waals surface area contributed by atoms with Crippen molar-refractivity contribution in [1.82, 2.24) is 15.8 Å². The molecule has 1 saturated carbocycles. The summed E-state index contributed by atoms with van der Waals surface area (Å²) in [7, 11) is 0. The minimum absolute atomic E-state index is 0.199. The Kier molecular flexibility index (Phi) is 5.37. The fraction of sp³-hybridized carbons (Fsp3) is 0.261. The molecule has 154 valence electrons. The number of hydrogen-bond donors (Lipinski definition) is 3. The largest absolute Gasteiger partial charge is 0.489 e. The number of pyridine rings is 1. The summed E-state index contributed by atoms with van der Waals surface area (Å²) < 4.78 is 5.92. The molecule has 3 N–H and O–H groups in total. The number of nitrogens with one attached hydrogen (secondary N) is 2. The number of carbonyl (C=O) groups is 2. The highest BCUT2D eigenvalue weighted by Crippen LogP contribution is 2.45. The number of hydroxylamine groups is 1. The van der Waals surface area contributed by atoms with Gasteiger partial charge in [-0.1, -0.05) is 18.2 Å². The summed E-state index contributed by atoms with van der Waals surface area (Å²) in [6, 6.07) is 16.8. The Hall–Kier alpha value is -3.45. The average molecular weight is 405 g/mol. The molecule has 2 amide bonds. The standard InChI is InChI=1S/C23H23N3O4/c1-15-12-17(19-4-2-3-5-20(19)25-15)13-30-18-8-6-16(7-9-18)21(27)24-14-23(10-11-23)22(28)26-29/h2-9,12,29H,10-11,13-14H2,1H3,(H,24,27)(H,26,28). The van der Waals surface area contributed by atoms with E-state index >= 15 is 0 Å². The zero-order valence-corrected chi connectivity index (χ0v) is 16.6. The van der Waals surface area contributed by atoms with E-state index in [1.54, 1.807) is 29.7 Å². The van der Waals surface area contributed by atoms with Crippen LogP contribution in [-0.2, 0) is 11.4 Å². The van der Waals surface area contributed by atoms with Gasteiger partial charge in [-0.05, 0) is 56.2 Å². The van der Waals surface area contributed by atoms with Gasteiger partial charge in [-0.15, -0.1) is 0 Å². The summed E-state index contributed by atoms with van der Waals surface area (Å²) in [5.41, 5.74) is 4.39. The number of nitrogens with zero attached hydrogens (tertiary/aromatic N) is 1. The highest BCUT2D eigenvalue weighted by Gasteiger charge is 2.49. The molecule has 4 rings (SSSR count). The second-order valence-electron chi connectivity index (χ2n) is 7.66. The number of benzene rings is 2. The van der Waals surface area contributed by atoms with Crippen LogP contribution >= 0.6 is 0 Å². The lowest BCUT2D eigenvalue weighted by Crippen LogP contribution is -2.39. The molecule has 30 heavy (non-hydrogen) atoms. The molecule has 7 nitrogen and oxygen atoms in total. The van der Waals surface area contributed by atoms with Crippen molar-refractivity contribution in [2.45, 2.75) is 26.4 Å². The lowest BCUT2D eigenvalue weighted by molar-refractivity contribution is -0.134. The fourth-order valence-corrected chi connectivity index (χ4v) is 3.48. The van der Waals surface area contributed by atoms with Gasteiger partial charge in [0.25, 0.3) is 11.8 Å². The summed E-state index contributed by atoms with van der Waals surface area (Å²) in [5.74, 6) is -0.0665. The van der Waals surface area contributed by atoms with Crippen LogP contribution in [0.4, 0.5) is 0 Å². The van der Waals surface area contributed by atoms with E-state index in [1.165, 1.54) is 0 Å². The molecule has 0 bridgehead atoms. The molecule has 1 aromatic heterocycles. The van der Waals surface area contributed by atoms with E-state index in [-0.39, 0.29) is 12.5 Å². The zero-order chi connectivity index (χ0) is 21.1. The predicted molar refractivity (Wildman–Crippen MR) is 111 cm³/mol. The molecular weight excluding hydrogens is 382 g/mol. The lowest BCUT2D eigenvalue weighted by Gasteiger charge is -2.14. The molecule has 3 aromatic rings. The quantitative estimate of drug-likeness (QED) is 0.414. The smallest absolute Gasteiger partial charge is 0.251 e. The molecule has 0 aliphatic heterocycles. The number of hydrogen-bond acceptors (Lipinski definition) is 5. The van der Waals surface area contributed by atoms with Gasteiger partial charge in [-0.3, -0.25) is 19.8 Å². The normalized spacial score (nSPS) is 14.2. The van der Waals surface area contributed by atoms with E-state index in [9.17, 15) is 9.59 Å². The first kappa shape index (κ1) is 19.8. The third-order valence-corrected chi connectivity index (χ3v) is 5.46. The second kappa shape index (κ2) is 8.12. The second-order valence-corrected chi connectivity index (χ2v) is 7.66. The fourth-order valence-electron chi connectivity index (χ4n) is 3.48. The van der Waals surface area contributed by atoms with Crippen LogP contribution in [0, 0.1) is 12.3 Å². The van der Waals surface area contributed by atoms with Gasteiger partial charge in [0.1, 0.15) is 12.4 Å². The van der Waals surface area contributed by atoms with Crippen molar-refractivity contribution in [2.75, 3.05) is 6.54 Å². The number of amides is 2. The highest BCUT2D eigenvalue weighted by molar-refractivity contribution is 5.95. The Balaban J connectivity index is 1.37. The first-order valence-corrected chi connectivity index (χ1v) is 9.82. The van der Waals surface area contributed by atoms with Gasteiger partial charge in [0, 0.05) is 28.8 Å². The number of carbonyl (C=O) groups excluding carboxylic acids is 2. The van der Waals surface area contributed by atoms with Crippen LogP contribution in [0.15, 0.2) is 54.6 Å². The Morgan fingerprint density at radius 1 is 1.13 bits per heavy atom. The van der Waals surface area contributed by atoms with E-state index in [0.29, 0.717) is 30.8 Å². The molecule has 0 atom stereocenters. The van der Waals surface area contributed by atoms with Crippen LogP contribution in [0.25, 0.3) is 10.9 Å². The topological polar surface area (TPSA) is 101 Å². The van der Waals surface area contributed by atoms with Crippen molar-refractivity contribution in [3.8, 4) is 5.75 Å². The minimum atomic E-state index is -0.682. The summed E-state index contributed by atoms with van der Waals surface area (Å²) in [4.78, 5) is 28.5. The van der Waals surface area contributed by atoms with Gasteiger partial charge in [0.15, 0.2) is 0 Å². The first-order valence-electron chi connectivity index (χ1n) is 9.82. The van der Waals surface area contributed by atoms with Gasteiger partial charge < -0.3 is 10.1 Å². The molecule has 1 fully saturated rings. The predicted octanol–water partition coefficient (Wildman–Crippen LogP) is 3.14. The van der Waals surface area contributed by atoms with E-state index in [0.717, 1.165) is 22.2 Å². The van der Waals surface area contributed by atoms with E-state index in [1.807, 2.05) is 37.3 Å². The van der Waals surface area contributed by atoms with Crippen molar-refractivity contribution in [2.24, 2.45) is 5.41 Å². The van der Waals surface area contributed by atoms with Crippen LogP contribution in [0.1, 0.15) is 34.5 Å². The van der Waals surface area contributed by atoms with E-state index in [2.05, 4.69) is 10.3 Å². The lowest BCUT2D eigenvalue weighted by atomic mass is 10.1. The van der Waals surface area contributed by atoms with E-state index < -0.39 is 11.3 Å². The maximum Gasteiger partial charge on any atom is 0.251 e. The van der Waals surface area contributed by atoms with Gasteiger partial charge in [-0.2, -0.15) is 0 Å². The third-order valence-electron chi connectivity index (χ3n) is 5.46. The molecule has 0 unspecified atom stereocenters. The van der Waals surface area contributed by atoms with Crippen molar-refractivity contribution >= 4 is 22.7 Å². The molecule has 0 spiro atoms. The number of fused-ring (bicyclic) bond motifs is 1. The van der Waals surface area contributed by atoms with Crippen LogP contribution in [0.2, 0.25) is 0 Å². The van der Waals surface area contributed by atoms with Crippen molar-refractivity contribution in [1.29, 1.82) is 0 Å². The molecule has 0 radical (unpaired) electrons. The maximum atomic E-state index is 12.4. The summed E-state index contributed by atoms with van der Waals surface area (Å²) in [6.45, 7) is 2.55. The van der Waals surface area contributed by atoms with Crippen LogP contribution in [0.3, 0.4) is 0 Å². The van der Waals surface area contributed by atoms with Crippen LogP contribution in [-0.4, -0.2) is 28.6 Å². The number of rotatable bonds is 7. The molecule has 0 saturated heterocycles. The summed E-state index contributed by atoms with van der Waals surface area (Å²) in [6.07, 6.45) is 1.30. The Morgan fingerprint density at radius 2 is 1.87 bits per heavy atom. The average Bonchev–Trinajstić information content (AvgIpc) is 3.56. The Morgan fingerprint density at radius 3 is 2.57 bits per heavy atom. The Labute approximate surface area is 174 Å². The SMILES string of the molecule is Cc1cc(COc2ccc(C(=O)NCC3(C(=O)NO)CC3)cc2)c2ccccc2n1. The van der Waals surface area contributed by atoms with Gasteiger partial charge in [-0.25, -0.2) is 5.48 Å². The monoisotopic (exact) mass is 405 g/mol. The summed E-state index contributed by atoms with van der Waals surface area (Å²) in [5, 5.41) is 12.6. The zero-order valence-electron chi connectivity index (χ0n) is 16.6. The van der Waals surface area contributed by atoms with Crippen molar-refractivity contribution < 1.29 is 19.5 Å². The number of aryl methyl sites for hydroxylation is 1. The molecular formula is C23H23N3O4. The van der Waals surface area contributed by atoms with Gasteiger partial charge >= 0.3 is 0 Å². The first-order chi connectivity index (χ1) is 14.5. The van der Waals surface area contributed by atoms with Crippen molar-refractivity contribution in [3.63, 3.8) is 0 Å². The number of ether oxygens (including phenoxy) is 1. The molecule has 2 aromatic carbocycles. The molecule has 1 aliphatic rings. The maximum absolute atomic E-state index is 12.4. The van der Waals surface area contributed by atoms with Crippen LogP contribution < -0.4 is 15.5 Å². The number of para-hydroxylation sites is 1. The molecule has 7 heteroatoms. The van der Waals surface area contributed by atoms with Crippen LogP contribution in [0.5, 0.6) is 5.75 Å². The third kappa shape index (κ3) is 4.11. The number of aromatic nitrogens is 1. The van der Waals surface area contributed by atoms with Gasteiger partial charge in [0.05, 0.1) is 10.9 Å². The molecule has 1 aliphatic carbocycles. The van der Waals surface area contributed by atoms with Crippen molar-refractivity contribution in [3.05, 3.63) is 71.4 Å². The van der Waals surface area contributed by atoms with E-state index in [4.69, 9.17) is 9.94 Å². The Bertz CT molecular complexity index is 1090. The minimum Gasteiger partial charge on any atom is -0.489 e. The highest BCUT2D eigenvalue weighted by atomic mass is 16.5. The van der Waals surface area contributed by atoms with Gasteiger partial charge in [0.2, 0.25) is 0 Å². The summed E-state index contributed by atoms with van der Waals surface area (Å²) >= 11 is 0.